The summed E-state index contributed by atoms with van der Waals surface area (Å²) in [5.74, 6) is -0.0193. The minimum atomic E-state index is -3.18. The van der Waals surface area contributed by atoms with E-state index in [1.807, 2.05) is 26.0 Å². The molecular formula is C18H27ClN2O3S. The molecule has 1 aromatic rings. The number of benzene rings is 1. The summed E-state index contributed by atoms with van der Waals surface area (Å²) in [7, 11) is -3.18. The number of piperidine rings is 1. The first-order valence-electron chi connectivity index (χ1n) is 8.84. The van der Waals surface area contributed by atoms with E-state index in [-0.39, 0.29) is 11.7 Å². The number of unbranched alkanes of at least 4 members (excludes halogenated alkanes) is 1. The number of hydrogen-bond donors (Lipinski definition) is 1. The average Bonchev–Trinajstić information content (AvgIpc) is 2.56. The summed E-state index contributed by atoms with van der Waals surface area (Å²) in [5.41, 5.74) is 2.60. The van der Waals surface area contributed by atoms with Crippen LogP contribution in [0.15, 0.2) is 12.1 Å². The van der Waals surface area contributed by atoms with Gasteiger partial charge in [-0.15, -0.1) is 0 Å². The van der Waals surface area contributed by atoms with Crippen molar-refractivity contribution in [3.05, 3.63) is 28.3 Å². The number of anilines is 1. The summed E-state index contributed by atoms with van der Waals surface area (Å²) in [6.45, 7) is 5.12. The summed E-state index contributed by atoms with van der Waals surface area (Å²) in [5, 5.41) is 3.36. The van der Waals surface area contributed by atoms with Crippen LogP contribution in [-0.2, 0) is 14.8 Å². The number of amides is 1. The summed E-state index contributed by atoms with van der Waals surface area (Å²) in [4.78, 5) is 12.1. The second kappa shape index (κ2) is 9.01. The molecule has 1 saturated heterocycles. The van der Waals surface area contributed by atoms with Crippen molar-refractivity contribution in [2.45, 2.75) is 52.4 Å². The molecule has 0 radical (unpaired) electrons. The lowest BCUT2D eigenvalue weighted by molar-refractivity contribution is -0.116. The molecule has 1 aliphatic heterocycles. The number of carbonyl (C=O) groups is 1. The van der Waals surface area contributed by atoms with Gasteiger partial charge < -0.3 is 5.32 Å². The fraction of sp³-hybridized carbons (Fsp3) is 0.611. The lowest BCUT2D eigenvalue weighted by atomic mass is 10.1. The molecule has 0 aromatic heterocycles. The van der Waals surface area contributed by atoms with Gasteiger partial charge in [-0.3, -0.25) is 4.79 Å². The van der Waals surface area contributed by atoms with Crippen LogP contribution in [-0.4, -0.2) is 37.5 Å². The van der Waals surface area contributed by atoms with Gasteiger partial charge in [-0.25, -0.2) is 12.7 Å². The largest absolute Gasteiger partial charge is 0.325 e. The Hall–Kier alpha value is -1.11. The molecule has 0 bridgehead atoms. The number of sulfonamides is 1. The molecule has 0 unspecified atom stereocenters. The van der Waals surface area contributed by atoms with Crippen LogP contribution in [0, 0.1) is 13.8 Å². The molecule has 1 aromatic carbocycles. The van der Waals surface area contributed by atoms with Gasteiger partial charge in [0.2, 0.25) is 15.9 Å². The van der Waals surface area contributed by atoms with Crippen LogP contribution in [0.3, 0.4) is 0 Å². The molecule has 2 rings (SSSR count). The third-order valence-electron chi connectivity index (χ3n) is 4.46. The zero-order valence-corrected chi connectivity index (χ0v) is 16.5. The summed E-state index contributed by atoms with van der Waals surface area (Å²) in [6, 6.07) is 3.78. The SMILES string of the molecule is Cc1cc(C)c(NC(=O)CCCCS(=O)(=O)N2CCCCC2)c(Cl)c1. The van der Waals surface area contributed by atoms with Crippen LogP contribution in [0.5, 0.6) is 0 Å². The fourth-order valence-corrected chi connectivity index (χ4v) is 5.13. The van der Waals surface area contributed by atoms with Gasteiger partial charge in [0.25, 0.3) is 0 Å². The van der Waals surface area contributed by atoms with Gasteiger partial charge in [0, 0.05) is 19.5 Å². The number of nitrogens with zero attached hydrogens (tertiary/aromatic N) is 1. The molecule has 5 nitrogen and oxygen atoms in total. The van der Waals surface area contributed by atoms with E-state index in [2.05, 4.69) is 5.32 Å². The molecule has 25 heavy (non-hydrogen) atoms. The molecule has 0 saturated carbocycles. The van der Waals surface area contributed by atoms with Crippen molar-refractivity contribution in [1.82, 2.24) is 4.31 Å². The Morgan fingerprint density at radius 1 is 1.16 bits per heavy atom. The molecule has 140 valence electrons. The van der Waals surface area contributed by atoms with Gasteiger partial charge in [-0.05, 0) is 56.7 Å². The van der Waals surface area contributed by atoms with E-state index in [1.165, 1.54) is 0 Å². The zero-order valence-electron chi connectivity index (χ0n) is 15.0. The Bertz CT molecular complexity index is 690. The minimum absolute atomic E-state index is 0.116. The maximum atomic E-state index is 12.3. The van der Waals surface area contributed by atoms with Crippen LogP contribution in [0.2, 0.25) is 5.02 Å². The Morgan fingerprint density at radius 2 is 1.84 bits per heavy atom. The quantitative estimate of drug-likeness (QED) is 0.723. The monoisotopic (exact) mass is 386 g/mol. The van der Waals surface area contributed by atoms with Crippen molar-refractivity contribution in [2.24, 2.45) is 0 Å². The number of carbonyl (C=O) groups excluding carboxylic acids is 1. The Kier molecular flexibility index (Phi) is 7.28. The van der Waals surface area contributed by atoms with Crippen LogP contribution < -0.4 is 5.32 Å². The van der Waals surface area contributed by atoms with Crippen LogP contribution in [0.25, 0.3) is 0 Å². The van der Waals surface area contributed by atoms with Crippen LogP contribution in [0.1, 0.15) is 49.7 Å². The second-order valence-electron chi connectivity index (χ2n) is 6.72. The molecule has 7 heteroatoms. The molecule has 0 spiro atoms. The number of halogens is 1. The first-order chi connectivity index (χ1) is 11.8. The van der Waals surface area contributed by atoms with Gasteiger partial charge in [-0.1, -0.05) is 24.1 Å². The van der Waals surface area contributed by atoms with E-state index in [0.29, 0.717) is 43.1 Å². The van der Waals surface area contributed by atoms with Crippen molar-refractivity contribution < 1.29 is 13.2 Å². The highest BCUT2D eigenvalue weighted by molar-refractivity contribution is 7.89. The third-order valence-corrected chi connectivity index (χ3v) is 6.72. The maximum Gasteiger partial charge on any atom is 0.224 e. The molecule has 0 aliphatic carbocycles. The van der Waals surface area contributed by atoms with Crippen molar-refractivity contribution >= 4 is 33.2 Å². The third kappa shape index (κ3) is 5.97. The predicted octanol–water partition coefficient (Wildman–Crippen LogP) is 3.88. The standard InChI is InChI=1S/C18H27ClN2O3S/c1-14-12-15(2)18(16(19)13-14)20-17(22)8-4-7-11-25(23,24)21-9-5-3-6-10-21/h12-13H,3-11H2,1-2H3,(H,20,22). The Morgan fingerprint density at radius 3 is 2.48 bits per heavy atom. The summed E-state index contributed by atoms with van der Waals surface area (Å²) >= 11 is 6.19. The molecule has 1 fully saturated rings. The fourth-order valence-electron chi connectivity index (χ4n) is 3.12. The molecule has 0 atom stereocenters. The van der Waals surface area contributed by atoms with Gasteiger partial charge in [0.1, 0.15) is 0 Å². The summed E-state index contributed by atoms with van der Waals surface area (Å²) < 4.78 is 26.1. The normalized spacial score (nSPS) is 16.0. The smallest absolute Gasteiger partial charge is 0.224 e. The van der Waals surface area contributed by atoms with E-state index in [0.717, 1.165) is 30.4 Å². The first kappa shape index (κ1) is 20.2. The van der Waals surface area contributed by atoms with Crippen LogP contribution >= 0.6 is 11.6 Å². The van der Waals surface area contributed by atoms with E-state index < -0.39 is 10.0 Å². The first-order valence-corrected chi connectivity index (χ1v) is 10.8. The molecular weight excluding hydrogens is 360 g/mol. The van der Waals surface area contributed by atoms with Gasteiger partial charge in [-0.2, -0.15) is 0 Å². The zero-order chi connectivity index (χ0) is 18.4. The highest BCUT2D eigenvalue weighted by Crippen LogP contribution is 2.27. The second-order valence-corrected chi connectivity index (χ2v) is 9.22. The highest BCUT2D eigenvalue weighted by Gasteiger charge is 2.23. The average molecular weight is 387 g/mol. The Balaban J connectivity index is 1.77. The predicted molar refractivity (Wildman–Crippen MR) is 103 cm³/mol. The number of aryl methyl sites for hydroxylation is 2. The summed E-state index contributed by atoms with van der Waals surface area (Å²) in [6.07, 6.45) is 4.32. The van der Waals surface area contributed by atoms with Crippen molar-refractivity contribution in [3.8, 4) is 0 Å². The number of rotatable bonds is 7. The van der Waals surface area contributed by atoms with E-state index in [1.54, 1.807) is 4.31 Å². The van der Waals surface area contributed by atoms with Crippen molar-refractivity contribution in [2.75, 3.05) is 24.2 Å². The number of nitrogens with one attached hydrogen (secondary N) is 1. The van der Waals surface area contributed by atoms with Gasteiger partial charge in [0.05, 0.1) is 16.5 Å². The van der Waals surface area contributed by atoms with Crippen molar-refractivity contribution in [1.29, 1.82) is 0 Å². The Labute approximate surface area is 155 Å². The maximum absolute atomic E-state index is 12.3. The lowest BCUT2D eigenvalue weighted by Gasteiger charge is -2.25. The van der Waals surface area contributed by atoms with Crippen LogP contribution in [0.4, 0.5) is 5.69 Å². The van der Waals surface area contributed by atoms with Gasteiger partial charge in [0.15, 0.2) is 0 Å². The topological polar surface area (TPSA) is 66.5 Å². The van der Waals surface area contributed by atoms with E-state index >= 15 is 0 Å². The lowest BCUT2D eigenvalue weighted by Crippen LogP contribution is -2.37. The molecule has 1 aliphatic rings. The minimum Gasteiger partial charge on any atom is -0.325 e. The molecule has 1 heterocycles. The van der Waals surface area contributed by atoms with Crippen molar-refractivity contribution in [3.63, 3.8) is 0 Å². The van der Waals surface area contributed by atoms with E-state index in [4.69, 9.17) is 11.6 Å². The highest BCUT2D eigenvalue weighted by atomic mass is 35.5. The number of hydrogen-bond acceptors (Lipinski definition) is 3. The molecule has 1 amide bonds. The van der Waals surface area contributed by atoms with Gasteiger partial charge >= 0.3 is 0 Å². The molecule has 1 N–H and O–H groups in total. The van der Waals surface area contributed by atoms with E-state index in [9.17, 15) is 13.2 Å².